The molecule has 0 aromatic rings. The van der Waals surface area contributed by atoms with Crippen LogP contribution in [0.4, 0.5) is 0 Å². The minimum Gasteiger partial charge on any atom is -0.300 e. The van der Waals surface area contributed by atoms with Gasteiger partial charge in [0.15, 0.2) is 0 Å². The largest absolute Gasteiger partial charge is 0.300 e. The van der Waals surface area contributed by atoms with Crippen LogP contribution in [-0.2, 0) is 14.4 Å². The van der Waals surface area contributed by atoms with E-state index in [1.165, 1.54) is 0 Å². The zero-order chi connectivity index (χ0) is 15.7. The van der Waals surface area contributed by atoms with Crippen molar-refractivity contribution in [3.05, 3.63) is 0 Å². The van der Waals surface area contributed by atoms with Crippen molar-refractivity contribution in [2.24, 2.45) is 34.5 Å². The molecule has 4 saturated carbocycles. The molecule has 0 radical (unpaired) electrons. The third kappa shape index (κ3) is 1.71. The second-order valence-corrected chi connectivity index (χ2v) is 8.77. The molecule has 0 aromatic heterocycles. The molecule has 0 spiro atoms. The van der Waals surface area contributed by atoms with Crippen LogP contribution in [0.2, 0.25) is 0 Å². The van der Waals surface area contributed by atoms with Gasteiger partial charge >= 0.3 is 0 Å². The van der Waals surface area contributed by atoms with Gasteiger partial charge in [-0.3, -0.25) is 14.4 Å². The Morgan fingerprint density at radius 1 is 0.909 bits per heavy atom. The van der Waals surface area contributed by atoms with Crippen LogP contribution >= 0.6 is 0 Å². The fraction of sp³-hybridized carbons (Fsp3) is 0.842. The van der Waals surface area contributed by atoms with Crippen molar-refractivity contribution in [3.8, 4) is 0 Å². The third-order valence-electron chi connectivity index (χ3n) is 7.99. The molecule has 4 aliphatic rings. The molecule has 6 atom stereocenters. The lowest BCUT2D eigenvalue weighted by Gasteiger charge is -2.58. The second-order valence-electron chi connectivity index (χ2n) is 8.77. The zero-order valence-corrected chi connectivity index (χ0v) is 13.7. The summed E-state index contributed by atoms with van der Waals surface area (Å²) >= 11 is 0. The average molecular weight is 302 g/mol. The molecule has 0 unspecified atom stereocenters. The van der Waals surface area contributed by atoms with Crippen LogP contribution in [-0.4, -0.2) is 17.3 Å². The lowest BCUT2D eigenvalue weighted by atomic mass is 9.45. The SMILES string of the molecule is C[C@]12CCC(=O)C[C@@H]1C(=O)C[C@H]1[C@H]3CCC(=O)[C@@]3(C)CC[C@@H]12. The monoisotopic (exact) mass is 302 g/mol. The molecule has 0 amide bonds. The Morgan fingerprint density at radius 2 is 1.68 bits per heavy atom. The van der Waals surface area contributed by atoms with Crippen LogP contribution in [0.5, 0.6) is 0 Å². The van der Waals surface area contributed by atoms with Gasteiger partial charge in [-0.2, -0.15) is 0 Å². The number of carbonyl (C=O) groups is 3. The summed E-state index contributed by atoms with van der Waals surface area (Å²) in [5.41, 5.74) is -0.171. The van der Waals surface area contributed by atoms with Crippen molar-refractivity contribution in [1.29, 1.82) is 0 Å². The van der Waals surface area contributed by atoms with Crippen LogP contribution in [0.15, 0.2) is 0 Å². The van der Waals surface area contributed by atoms with E-state index in [1.807, 2.05) is 0 Å². The van der Waals surface area contributed by atoms with E-state index in [-0.39, 0.29) is 22.5 Å². The molecule has 0 saturated heterocycles. The summed E-state index contributed by atoms with van der Waals surface area (Å²) in [6.07, 6.45) is 6.34. The molecular weight excluding hydrogens is 276 g/mol. The van der Waals surface area contributed by atoms with Gasteiger partial charge in [-0.25, -0.2) is 0 Å². The number of hydrogen-bond acceptors (Lipinski definition) is 3. The van der Waals surface area contributed by atoms with E-state index in [1.54, 1.807) is 0 Å². The van der Waals surface area contributed by atoms with E-state index in [0.29, 0.717) is 55.0 Å². The minimum absolute atomic E-state index is 0.000871. The number of rotatable bonds is 0. The Hall–Kier alpha value is -0.990. The molecular formula is C19H26O3. The summed E-state index contributed by atoms with van der Waals surface area (Å²) in [5, 5.41) is 0. The summed E-state index contributed by atoms with van der Waals surface area (Å²) in [5.74, 6) is 2.27. The van der Waals surface area contributed by atoms with Crippen molar-refractivity contribution in [3.63, 3.8) is 0 Å². The highest BCUT2D eigenvalue weighted by Crippen LogP contribution is 2.64. The van der Waals surface area contributed by atoms with E-state index in [4.69, 9.17) is 0 Å². The lowest BCUT2D eigenvalue weighted by molar-refractivity contribution is -0.159. The first kappa shape index (κ1) is 14.6. The highest BCUT2D eigenvalue weighted by atomic mass is 16.1. The topological polar surface area (TPSA) is 51.2 Å². The van der Waals surface area contributed by atoms with E-state index >= 15 is 0 Å². The maximum atomic E-state index is 12.8. The predicted molar refractivity (Wildman–Crippen MR) is 82.1 cm³/mol. The normalized spacial score (nSPS) is 51.3. The van der Waals surface area contributed by atoms with Crippen molar-refractivity contribution in [2.45, 2.75) is 65.2 Å². The number of carbonyl (C=O) groups excluding carboxylic acids is 3. The maximum Gasteiger partial charge on any atom is 0.139 e. The van der Waals surface area contributed by atoms with Gasteiger partial charge < -0.3 is 0 Å². The summed E-state index contributed by atoms with van der Waals surface area (Å²) in [7, 11) is 0. The predicted octanol–water partition coefficient (Wildman–Crippen LogP) is 3.35. The molecule has 120 valence electrons. The van der Waals surface area contributed by atoms with Crippen molar-refractivity contribution in [1.82, 2.24) is 0 Å². The number of fused-ring (bicyclic) bond motifs is 5. The Morgan fingerprint density at radius 3 is 2.45 bits per heavy atom. The Kier molecular flexibility index (Phi) is 3.00. The number of Topliss-reactive ketones (excluding diaryl/α,β-unsaturated/α-hetero) is 3. The van der Waals surface area contributed by atoms with Crippen molar-refractivity contribution < 1.29 is 14.4 Å². The lowest BCUT2D eigenvalue weighted by Crippen LogP contribution is -2.56. The van der Waals surface area contributed by atoms with Crippen molar-refractivity contribution >= 4 is 17.3 Å². The van der Waals surface area contributed by atoms with Gasteiger partial charge in [0.05, 0.1) is 0 Å². The summed E-state index contributed by atoms with van der Waals surface area (Å²) in [4.78, 5) is 37.0. The standard InChI is InChI=1S/C19H26O3/c1-18-7-5-11(20)9-15(18)16(21)10-12-13-3-4-17(22)19(13,2)8-6-14(12)18/h12-15H,3-10H2,1-2H3/t12-,13+,14-,15+,18+,19-/m0/s1. The summed E-state index contributed by atoms with van der Waals surface area (Å²) in [6.45, 7) is 4.41. The fourth-order valence-electron chi connectivity index (χ4n) is 6.61. The van der Waals surface area contributed by atoms with Gasteiger partial charge in [0.1, 0.15) is 17.3 Å². The van der Waals surface area contributed by atoms with Gasteiger partial charge in [0.2, 0.25) is 0 Å². The maximum absolute atomic E-state index is 12.8. The third-order valence-corrected chi connectivity index (χ3v) is 7.99. The molecule has 0 N–H and O–H groups in total. The molecule has 4 fully saturated rings. The Bertz CT molecular complexity index is 565. The minimum atomic E-state index is -0.171. The quantitative estimate of drug-likeness (QED) is 0.689. The Balaban J connectivity index is 1.71. The highest BCUT2D eigenvalue weighted by molar-refractivity contribution is 5.91. The van der Waals surface area contributed by atoms with E-state index in [0.717, 1.165) is 25.7 Å². The molecule has 3 nitrogen and oxygen atoms in total. The van der Waals surface area contributed by atoms with Crippen LogP contribution in [0, 0.1) is 34.5 Å². The summed E-state index contributed by atoms with van der Waals surface area (Å²) in [6, 6.07) is 0. The molecule has 22 heavy (non-hydrogen) atoms. The van der Waals surface area contributed by atoms with Crippen molar-refractivity contribution in [2.75, 3.05) is 0 Å². The van der Waals surface area contributed by atoms with Crippen LogP contribution in [0.25, 0.3) is 0 Å². The number of ketones is 3. The van der Waals surface area contributed by atoms with Crippen LogP contribution in [0.3, 0.4) is 0 Å². The molecule has 4 aliphatic carbocycles. The molecule has 0 heterocycles. The van der Waals surface area contributed by atoms with Gasteiger partial charge in [0.25, 0.3) is 0 Å². The van der Waals surface area contributed by atoms with Gasteiger partial charge in [-0.1, -0.05) is 13.8 Å². The van der Waals surface area contributed by atoms with E-state index in [9.17, 15) is 14.4 Å². The molecule has 4 rings (SSSR count). The van der Waals surface area contributed by atoms with E-state index < -0.39 is 0 Å². The molecule has 3 heteroatoms. The first-order valence-corrected chi connectivity index (χ1v) is 8.94. The molecule has 0 bridgehead atoms. The van der Waals surface area contributed by atoms with Crippen LogP contribution in [0.1, 0.15) is 65.2 Å². The molecule has 0 aliphatic heterocycles. The first-order chi connectivity index (χ1) is 10.4. The van der Waals surface area contributed by atoms with Crippen LogP contribution < -0.4 is 0 Å². The van der Waals surface area contributed by atoms with Gasteiger partial charge in [0, 0.05) is 37.0 Å². The van der Waals surface area contributed by atoms with Gasteiger partial charge in [-0.15, -0.1) is 0 Å². The Labute approximate surface area is 132 Å². The molecule has 0 aromatic carbocycles. The van der Waals surface area contributed by atoms with E-state index in [2.05, 4.69) is 13.8 Å². The second kappa shape index (κ2) is 4.52. The average Bonchev–Trinajstić information content (AvgIpc) is 2.77. The highest BCUT2D eigenvalue weighted by Gasteiger charge is 2.62. The fourth-order valence-corrected chi connectivity index (χ4v) is 6.61. The number of hydrogen-bond donors (Lipinski definition) is 0. The van der Waals surface area contributed by atoms with Gasteiger partial charge in [-0.05, 0) is 48.9 Å². The smallest absolute Gasteiger partial charge is 0.139 e. The summed E-state index contributed by atoms with van der Waals surface area (Å²) < 4.78 is 0. The zero-order valence-electron chi connectivity index (χ0n) is 13.7. The first-order valence-electron chi connectivity index (χ1n) is 8.94.